The van der Waals surface area contributed by atoms with E-state index in [1.165, 1.54) is 25.3 Å². The maximum absolute atomic E-state index is 12.5. The summed E-state index contributed by atoms with van der Waals surface area (Å²) in [6, 6.07) is 23.4. The monoisotopic (exact) mass is 473 g/mol. The molecule has 9 nitrogen and oxygen atoms in total. The number of methoxy groups -OCH3 is 1. The molecule has 1 N–H and O–H groups in total. The number of nitrogens with zero attached hydrogens (tertiary/aromatic N) is 4. The molecule has 4 aromatic rings. The van der Waals surface area contributed by atoms with Gasteiger partial charge in [-0.25, -0.2) is 4.98 Å². The fourth-order valence-corrected chi connectivity index (χ4v) is 3.76. The van der Waals surface area contributed by atoms with E-state index in [-0.39, 0.29) is 17.1 Å². The molecule has 0 fully saturated rings. The number of ether oxygens (including phenoxy) is 1. The van der Waals surface area contributed by atoms with E-state index in [9.17, 15) is 14.9 Å². The highest BCUT2D eigenvalue weighted by Crippen LogP contribution is 2.31. The number of carbonyl (C=O) groups is 1. The van der Waals surface area contributed by atoms with Crippen LogP contribution in [-0.4, -0.2) is 38.9 Å². The van der Waals surface area contributed by atoms with Crippen molar-refractivity contribution in [2.24, 2.45) is 0 Å². The van der Waals surface area contributed by atoms with E-state index >= 15 is 0 Å². The highest BCUT2D eigenvalue weighted by atomic mass is 32.2. The van der Waals surface area contributed by atoms with Crippen LogP contribution in [0.4, 0.5) is 11.4 Å². The fraction of sp³-hybridized carbons (Fsp3) is 0.0833. The number of nitrogens with one attached hydrogen (secondary N) is 1. The van der Waals surface area contributed by atoms with Gasteiger partial charge in [-0.15, -0.1) is 10.2 Å². The predicted octanol–water partition coefficient (Wildman–Crippen LogP) is 4.85. The van der Waals surface area contributed by atoms with Crippen LogP contribution in [0.25, 0.3) is 22.5 Å². The highest BCUT2D eigenvalue weighted by Gasteiger charge is 2.18. The lowest BCUT2D eigenvalue weighted by Gasteiger charge is -2.10. The molecule has 3 aromatic carbocycles. The van der Waals surface area contributed by atoms with E-state index in [0.29, 0.717) is 22.3 Å². The summed E-state index contributed by atoms with van der Waals surface area (Å²) < 4.78 is 5.01. The van der Waals surface area contributed by atoms with Crippen molar-refractivity contribution in [3.63, 3.8) is 0 Å². The fourth-order valence-electron chi connectivity index (χ4n) is 3.17. The summed E-state index contributed by atoms with van der Waals surface area (Å²) in [7, 11) is 1.41. The third-order valence-corrected chi connectivity index (χ3v) is 5.61. The van der Waals surface area contributed by atoms with Gasteiger partial charge in [0.05, 0.1) is 23.9 Å². The van der Waals surface area contributed by atoms with Gasteiger partial charge < -0.3 is 10.1 Å². The Kier molecular flexibility index (Phi) is 7.09. The number of aromatic nitrogens is 3. The number of amides is 1. The maximum Gasteiger partial charge on any atom is 0.296 e. The Balaban J connectivity index is 1.54. The van der Waals surface area contributed by atoms with Crippen LogP contribution in [0.3, 0.4) is 0 Å². The largest absolute Gasteiger partial charge is 0.496 e. The third-order valence-electron chi connectivity index (χ3n) is 4.77. The summed E-state index contributed by atoms with van der Waals surface area (Å²) >= 11 is 1.09. The van der Waals surface area contributed by atoms with Gasteiger partial charge in [0.1, 0.15) is 22.8 Å². The predicted molar refractivity (Wildman–Crippen MR) is 130 cm³/mol. The Bertz CT molecular complexity index is 1320. The van der Waals surface area contributed by atoms with Crippen LogP contribution >= 0.6 is 11.8 Å². The molecule has 170 valence electrons. The Morgan fingerprint density at radius 3 is 2.24 bits per heavy atom. The van der Waals surface area contributed by atoms with E-state index in [1.54, 1.807) is 0 Å². The first kappa shape index (κ1) is 22.9. The van der Waals surface area contributed by atoms with Gasteiger partial charge in [-0.3, -0.25) is 14.9 Å². The van der Waals surface area contributed by atoms with E-state index in [0.717, 1.165) is 22.9 Å². The molecule has 0 aliphatic carbocycles. The molecule has 4 rings (SSSR count). The van der Waals surface area contributed by atoms with Crippen LogP contribution < -0.4 is 10.1 Å². The van der Waals surface area contributed by atoms with Crippen LogP contribution in [0.2, 0.25) is 0 Å². The van der Waals surface area contributed by atoms with Crippen molar-refractivity contribution in [1.82, 2.24) is 15.2 Å². The van der Waals surface area contributed by atoms with Gasteiger partial charge in [0.2, 0.25) is 11.1 Å². The minimum atomic E-state index is -0.577. The van der Waals surface area contributed by atoms with E-state index < -0.39 is 10.8 Å². The van der Waals surface area contributed by atoms with Gasteiger partial charge >= 0.3 is 0 Å². The smallest absolute Gasteiger partial charge is 0.296 e. The molecular formula is C24H19N5O4S. The van der Waals surface area contributed by atoms with E-state index in [2.05, 4.69) is 20.5 Å². The molecular weight excluding hydrogens is 454 g/mol. The zero-order chi connectivity index (χ0) is 23.9. The lowest BCUT2D eigenvalue weighted by atomic mass is 10.0. The first-order chi connectivity index (χ1) is 16.5. The Morgan fingerprint density at radius 1 is 0.971 bits per heavy atom. The van der Waals surface area contributed by atoms with Crippen LogP contribution in [0.5, 0.6) is 5.75 Å². The quantitative estimate of drug-likeness (QED) is 0.219. The second-order valence-corrected chi connectivity index (χ2v) is 7.94. The molecule has 10 heteroatoms. The summed E-state index contributed by atoms with van der Waals surface area (Å²) in [6.45, 7) is 0. The molecule has 0 unspecified atom stereocenters. The summed E-state index contributed by atoms with van der Waals surface area (Å²) in [4.78, 5) is 27.9. The molecule has 0 aliphatic heterocycles. The number of hydrogen-bond acceptors (Lipinski definition) is 8. The van der Waals surface area contributed by atoms with Gasteiger partial charge in [-0.05, 0) is 12.1 Å². The molecule has 0 saturated carbocycles. The second-order valence-electron chi connectivity index (χ2n) is 7.00. The number of benzene rings is 3. The zero-order valence-electron chi connectivity index (χ0n) is 18.0. The average molecular weight is 474 g/mol. The summed E-state index contributed by atoms with van der Waals surface area (Å²) in [6.07, 6.45) is 0. The Morgan fingerprint density at radius 2 is 1.62 bits per heavy atom. The third kappa shape index (κ3) is 5.36. The first-order valence-electron chi connectivity index (χ1n) is 10.2. The summed E-state index contributed by atoms with van der Waals surface area (Å²) in [5.74, 6) is -0.162. The van der Waals surface area contributed by atoms with Crippen LogP contribution in [0.1, 0.15) is 0 Å². The molecule has 0 spiro atoms. The zero-order valence-corrected chi connectivity index (χ0v) is 18.9. The molecule has 1 aromatic heterocycles. The van der Waals surface area contributed by atoms with Crippen molar-refractivity contribution in [3.8, 4) is 28.3 Å². The molecule has 0 radical (unpaired) electrons. The van der Waals surface area contributed by atoms with Crippen molar-refractivity contribution in [2.75, 3.05) is 18.2 Å². The normalized spacial score (nSPS) is 10.5. The van der Waals surface area contributed by atoms with Crippen molar-refractivity contribution in [1.29, 1.82) is 0 Å². The number of nitro groups is 1. The summed E-state index contributed by atoms with van der Waals surface area (Å²) in [5, 5.41) is 22.8. The lowest BCUT2D eigenvalue weighted by Crippen LogP contribution is -2.15. The minimum absolute atomic E-state index is 0.0518. The van der Waals surface area contributed by atoms with E-state index in [4.69, 9.17) is 4.74 Å². The number of carbonyl (C=O) groups excluding carboxylic acids is 1. The molecule has 0 aliphatic rings. The lowest BCUT2D eigenvalue weighted by molar-refractivity contribution is -0.384. The van der Waals surface area contributed by atoms with Crippen LogP contribution in [-0.2, 0) is 4.79 Å². The van der Waals surface area contributed by atoms with Crippen LogP contribution in [0.15, 0.2) is 84.0 Å². The number of nitro benzene ring substituents is 1. The van der Waals surface area contributed by atoms with Gasteiger partial charge in [0.25, 0.3) is 5.69 Å². The van der Waals surface area contributed by atoms with Gasteiger partial charge in [0, 0.05) is 11.1 Å². The van der Waals surface area contributed by atoms with Gasteiger partial charge in [-0.1, -0.05) is 72.4 Å². The standard InChI is InChI=1S/C24H19N5O4S/c1-33-18-12-13-19(20(14-18)29(31)32)25-21(30)15-34-24-26-22(16-8-4-2-5-9-16)23(27-28-24)17-10-6-3-7-11-17/h2-14H,15H2,1H3,(H,25,30). The van der Waals surface area contributed by atoms with Crippen molar-refractivity contribution in [2.45, 2.75) is 5.16 Å². The topological polar surface area (TPSA) is 120 Å². The number of hydrogen-bond donors (Lipinski definition) is 1. The number of thioether (sulfide) groups is 1. The molecule has 1 heterocycles. The highest BCUT2D eigenvalue weighted by molar-refractivity contribution is 7.99. The summed E-state index contributed by atoms with van der Waals surface area (Å²) in [5.41, 5.74) is 2.86. The molecule has 0 atom stereocenters. The average Bonchev–Trinajstić information content (AvgIpc) is 2.88. The van der Waals surface area contributed by atoms with Crippen LogP contribution in [0, 0.1) is 10.1 Å². The second kappa shape index (κ2) is 10.5. The first-order valence-corrected chi connectivity index (χ1v) is 11.1. The molecule has 1 amide bonds. The van der Waals surface area contributed by atoms with Crippen molar-refractivity contribution >= 4 is 29.0 Å². The number of rotatable bonds is 8. The Labute approximate surface area is 199 Å². The van der Waals surface area contributed by atoms with Gasteiger partial charge in [-0.2, -0.15) is 0 Å². The Hall–Kier alpha value is -4.31. The SMILES string of the molecule is COc1ccc(NC(=O)CSc2nnc(-c3ccccc3)c(-c3ccccc3)n2)c([N+](=O)[O-])c1. The maximum atomic E-state index is 12.5. The minimum Gasteiger partial charge on any atom is -0.496 e. The van der Waals surface area contributed by atoms with E-state index in [1.807, 2.05) is 60.7 Å². The molecule has 0 saturated heterocycles. The molecule has 34 heavy (non-hydrogen) atoms. The number of anilines is 1. The molecule has 0 bridgehead atoms. The van der Waals surface area contributed by atoms with Crippen molar-refractivity contribution < 1.29 is 14.5 Å². The van der Waals surface area contributed by atoms with Gasteiger partial charge in [0.15, 0.2) is 0 Å². The van der Waals surface area contributed by atoms with Crippen molar-refractivity contribution in [3.05, 3.63) is 89.0 Å².